The average molecular weight is 827 g/mol. The number of hydroxylamine groups is 2. The molecular formula is C50H74N4O6. The highest BCUT2D eigenvalue weighted by atomic mass is 16.6. The second-order valence-electron chi connectivity index (χ2n) is 19.6. The van der Waals surface area contributed by atoms with Crippen LogP contribution in [-0.2, 0) is 28.7 Å². The van der Waals surface area contributed by atoms with E-state index >= 15 is 0 Å². The van der Waals surface area contributed by atoms with Crippen molar-refractivity contribution < 1.29 is 28.7 Å². The van der Waals surface area contributed by atoms with Crippen LogP contribution < -0.4 is 11.0 Å². The maximum absolute atomic E-state index is 14.5. The smallest absolute Gasteiger partial charge is 0.418 e. The molecule has 0 saturated heterocycles. The van der Waals surface area contributed by atoms with Gasteiger partial charge in [0.1, 0.15) is 11.2 Å². The van der Waals surface area contributed by atoms with E-state index in [0.29, 0.717) is 52.0 Å². The second kappa shape index (κ2) is 20.2. The van der Waals surface area contributed by atoms with Crippen LogP contribution in [-0.4, -0.2) is 101 Å². The van der Waals surface area contributed by atoms with Crippen molar-refractivity contribution in [2.45, 2.75) is 115 Å². The molecule has 0 radical (unpaired) electrons. The molecule has 0 unspecified atom stereocenters. The Labute approximate surface area is 360 Å². The monoisotopic (exact) mass is 827 g/mol. The molecule has 2 aromatic carbocycles. The van der Waals surface area contributed by atoms with Gasteiger partial charge in [0.15, 0.2) is 0 Å². The lowest BCUT2D eigenvalue weighted by atomic mass is 9.59. The van der Waals surface area contributed by atoms with Crippen molar-refractivity contribution in [3.05, 3.63) is 95.1 Å². The van der Waals surface area contributed by atoms with Gasteiger partial charge in [0.05, 0.1) is 13.2 Å². The van der Waals surface area contributed by atoms with Crippen LogP contribution in [0.1, 0.15) is 115 Å². The number of esters is 2. The van der Waals surface area contributed by atoms with Crippen LogP contribution in [0.4, 0.5) is 0 Å². The quantitative estimate of drug-likeness (QED) is 0.0502. The number of fused-ring (bicyclic) bond motifs is 2. The summed E-state index contributed by atoms with van der Waals surface area (Å²) >= 11 is 0. The van der Waals surface area contributed by atoms with Gasteiger partial charge in [-0.3, -0.25) is 0 Å². The van der Waals surface area contributed by atoms with E-state index in [1.807, 2.05) is 40.3 Å². The molecule has 0 heterocycles. The molecule has 10 nitrogen and oxygen atoms in total. The van der Waals surface area contributed by atoms with Crippen LogP contribution in [0, 0.1) is 22.7 Å². The lowest BCUT2D eigenvalue weighted by Crippen LogP contribution is -2.55. The lowest BCUT2D eigenvalue weighted by molar-refractivity contribution is -0.207. The summed E-state index contributed by atoms with van der Waals surface area (Å²) in [6.07, 6.45) is 13.0. The summed E-state index contributed by atoms with van der Waals surface area (Å²) in [7, 11) is 8.13. The minimum atomic E-state index is -0.847. The van der Waals surface area contributed by atoms with Crippen LogP contribution in [0.25, 0.3) is 0 Å². The number of rotatable bonds is 18. The van der Waals surface area contributed by atoms with E-state index < -0.39 is 23.1 Å². The normalized spacial score (nSPS) is 31.9. The molecule has 2 aromatic rings. The van der Waals surface area contributed by atoms with Crippen molar-refractivity contribution in [3.8, 4) is 0 Å². The average Bonchev–Trinajstić information content (AvgIpc) is 3.66. The van der Waals surface area contributed by atoms with E-state index in [2.05, 4.69) is 109 Å². The van der Waals surface area contributed by atoms with Gasteiger partial charge in [-0.15, -0.1) is 0 Å². The molecule has 0 aliphatic heterocycles. The maximum Gasteiger partial charge on any atom is 0.418 e. The second-order valence-corrected chi connectivity index (χ2v) is 19.6. The van der Waals surface area contributed by atoms with Crippen molar-refractivity contribution in [1.29, 1.82) is 0 Å². The molecule has 4 aliphatic carbocycles. The number of hydrogen-bond donors (Lipinski definition) is 2. The first-order chi connectivity index (χ1) is 28.7. The summed E-state index contributed by atoms with van der Waals surface area (Å²) < 4.78 is 13.5. The Morgan fingerprint density at radius 1 is 0.617 bits per heavy atom. The summed E-state index contributed by atoms with van der Waals surface area (Å²) in [6.45, 7) is 13.0. The Kier molecular flexibility index (Phi) is 15.5. The molecule has 6 rings (SSSR count). The summed E-state index contributed by atoms with van der Waals surface area (Å²) in [5.41, 5.74) is 8.85. The van der Waals surface area contributed by atoms with Gasteiger partial charge >= 0.3 is 11.9 Å². The minimum absolute atomic E-state index is 0.187. The first-order valence-corrected chi connectivity index (χ1v) is 22.6. The van der Waals surface area contributed by atoms with E-state index in [9.17, 15) is 9.59 Å². The largest absolute Gasteiger partial charge is 0.450 e. The molecule has 2 N–H and O–H groups in total. The fourth-order valence-corrected chi connectivity index (χ4v) is 11.3. The Hall–Kier alpha value is -3.38. The lowest BCUT2D eigenvalue weighted by Gasteiger charge is -2.52. The van der Waals surface area contributed by atoms with Gasteiger partial charge in [0, 0.05) is 37.0 Å². The molecule has 4 aliphatic rings. The van der Waals surface area contributed by atoms with Crippen LogP contribution in [0.3, 0.4) is 0 Å². The van der Waals surface area contributed by atoms with Crippen molar-refractivity contribution >= 4 is 11.9 Å². The topological polar surface area (TPSA) is 102 Å². The van der Waals surface area contributed by atoms with Gasteiger partial charge in [-0.25, -0.2) is 9.59 Å². The highest BCUT2D eigenvalue weighted by molar-refractivity contribution is 6.30. The predicted octanol–water partition coefficient (Wildman–Crippen LogP) is 8.38. The zero-order valence-electron chi connectivity index (χ0n) is 37.9. The molecule has 0 amide bonds. The Balaban J connectivity index is 1.22. The van der Waals surface area contributed by atoms with Crippen LogP contribution in [0.15, 0.2) is 84.0 Å². The fraction of sp³-hybridized carbons (Fsp3) is 0.640. The zero-order valence-corrected chi connectivity index (χ0v) is 37.9. The number of hydrogen-bond acceptors (Lipinski definition) is 10. The van der Waals surface area contributed by atoms with Gasteiger partial charge in [-0.05, 0) is 141 Å². The fourth-order valence-electron chi connectivity index (χ4n) is 11.3. The van der Waals surface area contributed by atoms with Gasteiger partial charge in [-0.2, -0.15) is 11.0 Å². The summed E-state index contributed by atoms with van der Waals surface area (Å²) in [5, 5.41) is 0. The SMILES string of the molecule is CC(=C[C@H]1CC[C@]2(OC(=O)C(=O)O[C@]34CC[C@H](C=C(C)CNOCCN(C)C)[C@@]3(C)CC[C@H](c3ccccc3)C4)C[C@@H](c3ccccc3)CC[C@]12C)CNOCCN(C)C. The number of benzene rings is 2. The first-order valence-electron chi connectivity index (χ1n) is 22.6. The third kappa shape index (κ3) is 10.4. The Morgan fingerprint density at radius 3 is 1.37 bits per heavy atom. The van der Waals surface area contributed by atoms with Crippen LogP contribution >= 0.6 is 0 Å². The van der Waals surface area contributed by atoms with E-state index in [4.69, 9.17) is 19.1 Å². The standard InChI is InChI=1S/C50H74N4O6/c1-37(35-51-57-29-27-53(5)6)31-43-21-25-49(33-41(19-23-47(43,49)3)39-15-11-9-12-16-39)59-45(55)46(56)60-50-26-22-44(32-38(2)36-52-58-30-28-54(7)8)48(50,4)24-20-42(34-50)40-17-13-10-14-18-40/h9-18,31-32,41-44,51-52H,19-30,33-36H2,1-8H3/t41-,42-,43+,44+,47+,48+,49-,50-/m0/s1. The number of allylic oxidation sites excluding steroid dienone is 2. The van der Waals surface area contributed by atoms with Crippen molar-refractivity contribution in [3.63, 3.8) is 0 Å². The van der Waals surface area contributed by atoms with Crippen molar-refractivity contribution in [1.82, 2.24) is 20.8 Å². The number of nitrogens with one attached hydrogen (secondary N) is 2. The highest BCUT2D eigenvalue weighted by Crippen LogP contribution is 2.65. The molecule has 60 heavy (non-hydrogen) atoms. The number of carbonyl (C=O) groups excluding carboxylic acids is 2. The highest BCUT2D eigenvalue weighted by Gasteiger charge is 2.64. The third-order valence-electron chi connectivity index (χ3n) is 15.1. The molecule has 8 atom stereocenters. The van der Waals surface area contributed by atoms with Crippen LogP contribution in [0.2, 0.25) is 0 Å². The predicted molar refractivity (Wildman–Crippen MR) is 238 cm³/mol. The molecule has 0 aromatic heterocycles. The molecule has 4 fully saturated rings. The first kappa shape index (κ1) is 46.1. The van der Waals surface area contributed by atoms with Gasteiger partial charge in [0.2, 0.25) is 0 Å². The summed E-state index contributed by atoms with van der Waals surface area (Å²) in [6, 6.07) is 21.2. The van der Waals surface area contributed by atoms with Crippen molar-refractivity contribution in [2.24, 2.45) is 22.7 Å². The van der Waals surface area contributed by atoms with Gasteiger partial charge < -0.3 is 28.9 Å². The summed E-state index contributed by atoms with van der Waals surface area (Å²) in [5.74, 6) is -0.868. The molecule has 4 saturated carbocycles. The minimum Gasteiger partial charge on any atom is -0.450 e. The number of ether oxygens (including phenoxy) is 2. The van der Waals surface area contributed by atoms with E-state index in [-0.39, 0.29) is 34.5 Å². The number of nitrogens with zero attached hydrogens (tertiary/aromatic N) is 2. The van der Waals surface area contributed by atoms with E-state index in [1.54, 1.807) is 0 Å². The van der Waals surface area contributed by atoms with Crippen LogP contribution in [0.5, 0.6) is 0 Å². The Bertz CT molecular complexity index is 1660. The molecule has 330 valence electrons. The molecule has 0 bridgehead atoms. The molecule has 0 spiro atoms. The molecular weight excluding hydrogens is 753 g/mol. The third-order valence-corrected chi connectivity index (χ3v) is 15.1. The Morgan fingerprint density at radius 2 is 1.00 bits per heavy atom. The van der Waals surface area contributed by atoms with Crippen molar-refractivity contribution in [2.75, 3.05) is 67.6 Å². The van der Waals surface area contributed by atoms with E-state index in [1.165, 1.54) is 22.3 Å². The maximum atomic E-state index is 14.5. The summed E-state index contributed by atoms with van der Waals surface area (Å²) in [4.78, 5) is 44.6. The number of carbonyl (C=O) groups is 2. The van der Waals surface area contributed by atoms with Gasteiger partial charge in [-0.1, -0.05) is 97.8 Å². The molecule has 10 heteroatoms. The van der Waals surface area contributed by atoms with E-state index in [0.717, 1.165) is 51.6 Å². The zero-order chi connectivity index (χ0) is 43.0. The van der Waals surface area contributed by atoms with Gasteiger partial charge in [0.25, 0.3) is 0 Å². The number of likely N-dealkylation sites (N-methyl/N-ethyl adjacent to an activating group) is 2.